The van der Waals surface area contributed by atoms with E-state index in [-0.39, 0.29) is 24.4 Å². The van der Waals surface area contributed by atoms with Gasteiger partial charge in [0.2, 0.25) is 10.0 Å². The minimum Gasteiger partial charge on any atom is -0.326 e. The maximum absolute atomic E-state index is 12.0. The molecule has 0 unspecified atom stereocenters. The second-order valence-electron chi connectivity index (χ2n) is 3.87. The third-order valence-electron chi connectivity index (χ3n) is 2.41. The van der Waals surface area contributed by atoms with E-state index in [0.29, 0.717) is 4.47 Å². The van der Waals surface area contributed by atoms with Crippen LogP contribution in [0.2, 0.25) is 0 Å². The molecule has 7 heteroatoms. The summed E-state index contributed by atoms with van der Waals surface area (Å²) in [4.78, 5) is 0.141. The van der Waals surface area contributed by atoms with Crippen molar-refractivity contribution in [3.8, 4) is 0 Å². The summed E-state index contributed by atoms with van der Waals surface area (Å²) in [6.45, 7) is 1.59. The van der Waals surface area contributed by atoms with Gasteiger partial charge in [-0.05, 0) is 46.5 Å². The highest BCUT2D eigenvalue weighted by Crippen LogP contribution is 2.27. The predicted molar refractivity (Wildman–Crippen MR) is 72.6 cm³/mol. The lowest BCUT2D eigenvalue weighted by Gasteiger charge is -2.11. The summed E-state index contributed by atoms with van der Waals surface area (Å²) in [5.74, 6) is 0. The lowest BCUT2D eigenvalue weighted by Crippen LogP contribution is -2.25. The summed E-state index contributed by atoms with van der Waals surface area (Å²) in [5, 5.41) is 0. The van der Waals surface area contributed by atoms with Gasteiger partial charge >= 0.3 is 0 Å². The average Bonchev–Trinajstić information content (AvgIpc) is 2.32. The van der Waals surface area contributed by atoms with Crippen molar-refractivity contribution < 1.29 is 12.8 Å². The molecule has 0 bridgehead atoms. The molecule has 0 fully saturated rings. The largest absolute Gasteiger partial charge is 0.326 e. The molecule has 18 heavy (non-hydrogen) atoms. The molecule has 0 aliphatic rings. The van der Waals surface area contributed by atoms with Crippen LogP contribution in [0.1, 0.15) is 17.5 Å². The van der Waals surface area contributed by atoms with Gasteiger partial charge in [0.15, 0.2) is 0 Å². The van der Waals surface area contributed by atoms with E-state index in [1.807, 2.05) is 6.07 Å². The first-order valence-electron chi connectivity index (χ1n) is 5.47. The Morgan fingerprint density at radius 1 is 1.44 bits per heavy atom. The fourth-order valence-electron chi connectivity index (χ4n) is 1.47. The molecule has 4 nitrogen and oxygen atoms in total. The highest BCUT2D eigenvalue weighted by Gasteiger charge is 2.19. The van der Waals surface area contributed by atoms with Crippen LogP contribution in [0.25, 0.3) is 0 Å². The van der Waals surface area contributed by atoms with Gasteiger partial charge in [0, 0.05) is 17.6 Å². The minimum atomic E-state index is -3.64. The van der Waals surface area contributed by atoms with Crippen molar-refractivity contribution in [2.24, 2.45) is 5.73 Å². The van der Waals surface area contributed by atoms with Crippen molar-refractivity contribution in [1.29, 1.82) is 0 Å². The number of nitrogens with two attached hydrogens (primary N) is 1. The van der Waals surface area contributed by atoms with Gasteiger partial charge in [0.25, 0.3) is 0 Å². The zero-order chi connectivity index (χ0) is 13.8. The van der Waals surface area contributed by atoms with Gasteiger partial charge in [-0.2, -0.15) is 0 Å². The second-order valence-corrected chi connectivity index (χ2v) is 6.40. The maximum Gasteiger partial charge on any atom is 0.241 e. The summed E-state index contributed by atoms with van der Waals surface area (Å²) >= 11 is 3.25. The molecular weight excluding hydrogens is 323 g/mol. The lowest BCUT2D eigenvalue weighted by atomic mass is 10.1. The first kappa shape index (κ1) is 15.6. The Morgan fingerprint density at radius 2 is 2.11 bits per heavy atom. The molecule has 1 aromatic carbocycles. The Hall–Kier alpha value is -0.500. The molecule has 0 aliphatic carbocycles. The maximum atomic E-state index is 12.0. The fraction of sp³-hybridized carbons (Fsp3) is 0.455. The van der Waals surface area contributed by atoms with E-state index in [0.717, 1.165) is 11.1 Å². The summed E-state index contributed by atoms with van der Waals surface area (Å²) < 4.78 is 38.9. The fourth-order valence-corrected chi connectivity index (χ4v) is 3.61. The molecule has 0 atom stereocenters. The van der Waals surface area contributed by atoms with Gasteiger partial charge in [0.05, 0.1) is 11.6 Å². The molecule has 1 rings (SSSR count). The Morgan fingerprint density at radius 3 is 2.67 bits per heavy atom. The summed E-state index contributed by atoms with van der Waals surface area (Å²) in [6, 6.07) is 3.35. The Balaban J connectivity index is 3.11. The molecule has 102 valence electrons. The van der Waals surface area contributed by atoms with Gasteiger partial charge in [0.1, 0.15) is 0 Å². The summed E-state index contributed by atoms with van der Waals surface area (Å²) in [6.07, 6.45) is 0.159. The number of sulfonamides is 1. The number of hydrogen-bond donors (Lipinski definition) is 2. The van der Waals surface area contributed by atoms with E-state index >= 15 is 0 Å². The monoisotopic (exact) mass is 338 g/mol. The predicted octanol–water partition coefficient (Wildman–Crippen LogP) is 1.85. The number of aryl methyl sites for hydroxylation is 1. The van der Waals surface area contributed by atoms with Crippen molar-refractivity contribution in [1.82, 2.24) is 4.72 Å². The number of hydrogen-bond acceptors (Lipinski definition) is 3. The van der Waals surface area contributed by atoms with Crippen LogP contribution in [0.4, 0.5) is 4.39 Å². The SMILES string of the molecule is Cc1cc(CN)cc(S(=O)(=O)NCCCF)c1Br. The molecule has 3 N–H and O–H groups in total. The highest BCUT2D eigenvalue weighted by atomic mass is 79.9. The van der Waals surface area contributed by atoms with Gasteiger partial charge in [-0.25, -0.2) is 13.1 Å². The molecule has 0 radical (unpaired) electrons. The highest BCUT2D eigenvalue weighted by molar-refractivity contribution is 9.10. The minimum absolute atomic E-state index is 0.0805. The Labute approximate surface area is 115 Å². The van der Waals surface area contributed by atoms with Crippen molar-refractivity contribution in [3.63, 3.8) is 0 Å². The smallest absolute Gasteiger partial charge is 0.241 e. The van der Waals surface area contributed by atoms with Gasteiger partial charge in [-0.3, -0.25) is 4.39 Å². The van der Waals surface area contributed by atoms with Crippen LogP contribution in [-0.2, 0) is 16.6 Å². The first-order chi connectivity index (χ1) is 8.42. The summed E-state index contributed by atoms with van der Waals surface area (Å²) in [5.41, 5.74) is 7.06. The third-order valence-corrected chi connectivity index (χ3v) is 5.21. The van der Waals surface area contributed by atoms with Crippen LogP contribution < -0.4 is 10.5 Å². The summed E-state index contributed by atoms with van der Waals surface area (Å²) in [7, 11) is -3.64. The molecule has 1 aromatic rings. The Kier molecular flexibility index (Phi) is 5.71. The van der Waals surface area contributed by atoms with Crippen LogP contribution in [0.5, 0.6) is 0 Å². The number of benzene rings is 1. The molecule has 0 aromatic heterocycles. The van der Waals surface area contributed by atoms with Crippen molar-refractivity contribution in [2.75, 3.05) is 13.2 Å². The quantitative estimate of drug-likeness (QED) is 0.777. The number of nitrogens with one attached hydrogen (secondary N) is 1. The standard InChI is InChI=1S/C11H16BrFN2O2S/c1-8-5-9(7-14)6-10(11(8)12)18(16,17)15-4-2-3-13/h5-6,15H,2-4,7,14H2,1H3. The van der Waals surface area contributed by atoms with Crippen LogP contribution in [0.3, 0.4) is 0 Å². The molecule has 0 saturated carbocycles. The van der Waals surface area contributed by atoms with Crippen LogP contribution in [0.15, 0.2) is 21.5 Å². The van der Waals surface area contributed by atoms with Crippen LogP contribution >= 0.6 is 15.9 Å². The van der Waals surface area contributed by atoms with E-state index in [4.69, 9.17) is 5.73 Å². The van der Waals surface area contributed by atoms with E-state index in [9.17, 15) is 12.8 Å². The van der Waals surface area contributed by atoms with Gasteiger partial charge < -0.3 is 5.73 Å². The zero-order valence-corrected chi connectivity index (χ0v) is 12.4. The van der Waals surface area contributed by atoms with Crippen molar-refractivity contribution >= 4 is 26.0 Å². The number of rotatable bonds is 6. The number of halogens is 2. The third kappa shape index (κ3) is 3.74. The molecular formula is C11H16BrFN2O2S. The molecule has 0 heterocycles. The van der Waals surface area contributed by atoms with Crippen LogP contribution in [0, 0.1) is 6.92 Å². The molecule has 0 aliphatic heterocycles. The van der Waals surface area contributed by atoms with E-state index in [2.05, 4.69) is 20.7 Å². The molecule has 0 amide bonds. The van der Waals surface area contributed by atoms with E-state index < -0.39 is 16.7 Å². The van der Waals surface area contributed by atoms with E-state index in [1.54, 1.807) is 6.92 Å². The van der Waals surface area contributed by atoms with Gasteiger partial charge in [-0.1, -0.05) is 6.07 Å². The van der Waals surface area contributed by atoms with E-state index in [1.165, 1.54) is 6.07 Å². The Bertz CT molecular complexity index is 520. The topological polar surface area (TPSA) is 72.2 Å². The normalized spacial score (nSPS) is 11.8. The second kappa shape index (κ2) is 6.60. The van der Waals surface area contributed by atoms with Crippen molar-refractivity contribution in [3.05, 3.63) is 27.7 Å². The lowest BCUT2D eigenvalue weighted by molar-refractivity contribution is 0.470. The zero-order valence-electron chi connectivity index (χ0n) is 10.0. The molecule has 0 spiro atoms. The van der Waals surface area contributed by atoms with Crippen LogP contribution in [-0.4, -0.2) is 21.6 Å². The first-order valence-corrected chi connectivity index (χ1v) is 7.74. The molecule has 0 saturated heterocycles. The van der Waals surface area contributed by atoms with Gasteiger partial charge in [-0.15, -0.1) is 0 Å². The van der Waals surface area contributed by atoms with Crippen molar-refractivity contribution in [2.45, 2.75) is 24.8 Å². The number of alkyl halides is 1. The average molecular weight is 339 g/mol.